The Morgan fingerprint density at radius 2 is 1.57 bits per heavy atom. The first-order valence-corrected chi connectivity index (χ1v) is 8.40. The fourth-order valence-electron chi connectivity index (χ4n) is 3.46. The van der Waals surface area contributed by atoms with E-state index in [9.17, 15) is 9.59 Å². The highest BCUT2D eigenvalue weighted by Gasteiger charge is 2.35. The minimum Gasteiger partial charge on any atom is -0.342 e. The summed E-state index contributed by atoms with van der Waals surface area (Å²) in [5.41, 5.74) is -0.321. The second-order valence-electron chi connectivity index (χ2n) is 7.69. The van der Waals surface area contributed by atoms with Crippen molar-refractivity contribution in [2.75, 3.05) is 19.6 Å². The molecular formula is C17H30N2O2. The molecule has 2 rings (SSSR count). The highest BCUT2D eigenvalue weighted by molar-refractivity contribution is 5.83. The lowest BCUT2D eigenvalue weighted by atomic mass is 9.89. The quantitative estimate of drug-likeness (QED) is 0.746. The Balaban J connectivity index is 1.89. The van der Waals surface area contributed by atoms with Crippen molar-refractivity contribution in [2.24, 2.45) is 11.3 Å². The van der Waals surface area contributed by atoms with Crippen LogP contribution < -0.4 is 0 Å². The Labute approximate surface area is 128 Å². The van der Waals surface area contributed by atoms with Gasteiger partial charge in [-0.25, -0.2) is 0 Å². The smallest absolute Gasteiger partial charge is 0.227 e. The van der Waals surface area contributed by atoms with Gasteiger partial charge in [0.25, 0.3) is 0 Å². The van der Waals surface area contributed by atoms with Gasteiger partial charge in [-0.3, -0.25) is 9.59 Å². The molecule has 4 nitrogen and oxygen atoms in total. The summed E-state index contributed by atoms with van der Waals surface area (Å²) in [7, 11) is 0. The first-order valence-electron chi connectivity index (χ1n) is 8.40. The van der Waals surface area contributed by atoms with E-state index in [0.717, 1.165) is 45.3 Å². The zero-order valence-corrected chi connectivity index (χ0v) is 14.0. The van der Waals surface area contributed by atoms with Gasteiger partial charge < -0.3 is 9.80 Å². The van der Waals surface area contributed by atoms with Crippen LogP contribution in [0.2, 0.25) is 0 Å². The summed E-state index contributed by atoms with van der Waals surface area (Å²) >= 11 is 0. The summed E-state index contributed by atoms with van der Waals surface area (Å²) in [5.74, 6) is 0.652. The molecule has 120 valence electrons. The van der Waals surface area contributed by atoms with Crippen molar-refractivity contribution in [1.82, 2.24) is 9.80 Å². The third kappa shape index (κ3) is 3.78. The fourth-order valence-corrected chi connectivity index (χ4v) is 3.46. The molecule has 1 atom stereocenters. The summed E-state index contributed by atoms with van der Waals surface area (Å²) in [5, 5.41) is 0. The lowest BCUT2D eigenvalue weighted by molar-refractivity contribution is -0.146. The molecule has 0 spiro atoms. The van der Waals surface area contributed by atoms with Gasteiger partial charge in [0, 0.05) is 37.0 Å². The predicted octanol–water partition coefficient (Wildman–Crippen LogP) is 2.67. The zero-order valence-electron chi connectivity index (χ0n) is 14.0. The minimum absolute atomic E-state index is 0.120. The van der Waals surface area contributed by atoms with Crippen molar-refractivity contribution in [2.45, 2.75) is 65.8 Å². The first kappa shape index (κ1) is 16.3. The molecule has 2 amide bonds. The van der Waals surface area contributed by atoms with E-state index in [1.165, 1.54) is 6.42 Å². The third-order valence-corrected chi connectivity index (χ3v) is 4.86. The van der Waals surface area contributed by atoms with Gasteiger partial charge in [-0.1, -0.05) is 20.8 Å². The van der Waals surface area contributed by atoms with E-state index in [1.54, 1.807) is 0 Å². The van der Waals surface area contributed by atoms with Crippen LogP contribution in [0.25, 0.3) is 0 Å². The zero-order chi connectivity index (χ0) is 15.6. The number of amides is 2. The van der Waals surface area contributed by atoms with Crippen molar-refractivity contribution in [3.05, 3.63) is 0 Å². The molecule has 2 heterocycles. The maximum atomic E-state index is 12.7. The summed E-state index contributed by atoms with van der Waals surface area (Å²) < 4.78 is 0. The van der Waals surface area contributed by atoms with E-state index in [4.69, 9.17) is 0 Å². The van der Waals surface area contributed by atoms with Crippen LogP contribution in [0.1, 0.15) is 59.8 Å². The minimum atomic E-state index is -0.321. The number of carbonyl (C=O) groups is 2. The van der Waals surface area contributed by atoms with Gasteiger partial charge in [0.15, 0.2) is 0 Å². The van der Waals surface area contributed by atoms with Gasteiger partial charge in [0.1, 0.15) is 0 Å². The molecule has 2 saturated heterocycles. The lowest BCUT2D eigenvalue weighted by Gasteiger charge is -2.39. The molecule has 0 N–H and O–H groups in total. The molecule has 21 heavy (non-hydrogen) atoms. The van der Waals surface area contributed by atoms with Crippen molar-refractivity contribution < 1.29 is 9.59 Å². The summed E-state index contributed by atoms with van der Waals surface area (Å²) in [4.78, 5) is 29.0. The molecule has 4 heteroatoms. The van der Waals surface area contributed by atoms with E-state index in [-0.39, 0.29) is 17.2 Å². The van der Waals surface area contributed by atoms with Gasteiger partial charge in [-0.2, -0.15) is 0 Å². The fraction of sp³-hybridized carbons (Fsp3) is 0.882. The van der Waals surface area contributed by atoms with Crippen molar-refractivity contribution in [1.29, 1.82) is 0 Å². The number of hydrogen-bond acceptors (Lipinski definition) is 2. The molecule has 0 aromatic carbocycles. The van der Waals surface area contributed by atoms with E-state index in [2.05, 4.69) is 11.8 Å². The van der Waals surface area contributed by atoms with Crippen LogP contribution in [0, 0.1) is 11.3 Å². The molecule has 0 aromatic rings. The third-order valence-electron chi connectivity index (χ3n) is 4.86. The van der Waals surface area contributed by atoms with Crippen molar-refractivity contribution >= 4 is 11.8 Å². The predicted molar refractivity (Wildman–Crippen MR) is 83.8 cm³/mol. The van der Waals surface area contributed by atoms with Gasteiger partial charge in [0.2, 0.25) is 11.8 Å². The SMILES string of the molecule is C[C@@H]1CCCCN1C(=O)C1CCN(C(=O)C(C)(C)C)CC1. The highest BCUT2D eigenvalue weighted by atomic mass is 16.2. The summed E-state index contributed by atoms with van der Waals surface area (Å²) in [6.45, 7) is 10.4. The van der Waals surface area contributed by atoms with E-state index < -0.39 is 0 Å². The number of rotatable bonds is 1. The van der Waals surface area contributed by atoms with Crippen LogP contribution in [0.3, 0.4) is 0 Å². The number of hydrogen-bond donors (Lipinski definition) is 0. The van der Waals surface area contributed by atoms with Crippen molar-refractivity contribution in [3.63, 3.8) is 0 Å². The molecule has 2 aliphatic heterocycles. The van der Waals surface area contributed by atoms with Crippen LogP contribution in [0.15, 0.2) is 0 Å². The summed E-state index contributed by atoms with van der Waals surface area (Å²) in [6, 6.07) is 0.389. The largest absolute Gasteiger partial charge is 0.342 e. The van der Waals surface area contributed by atoms with Crippen LogP contribution in [0.5, 0.6) is 0 Å². The second-order valence-corrected chi connectivity index (χ2v) is 7.69. The first-order chi connectivity index (χ1) is 9.80. The Morgan fingerprint density at radius 1 is 0.952 bits per heavy atom. The average Bonchev–Trinajstić information content (AvgIpc) is 2.45. The highest BCUT2D eigenvalue weighted by Crippen LogP contribution is 2.27. The maximum Gasteiger partial charge on any atom is 0.227 e. The van der Waals surface area contributed by atoms with Crippen LogP contribution in [0.4, 0.5) is 0 Å². The lowest BCUT2D eigenvalue weighted by Crippen LogP contribution is -2.50. The average molecular weight is 294 g/mol. The second kappa shape index (κ2) is 6.37. The van der Waals surface area contributed by atoms with Gasteiger partial charge in [-0.05, 0) is 39.0 Å². The number of likely N-dealkylation sites (tertiary alicyclic amines) is 2. The van der Waals surface area contributed by atoms with Crippen molar-refractivity contribution in [3.8, 4) is 0 Å². The topological polar surface area (TPSA) is 40.6 Å². The van der Waals surface area contributed by atoms with Crippen LogP contribution in [-0.4, -0.2) is 47.3 Å². The van der Waals surface area contributed by atoms with Crippen LogP contribution in [-0.2, 0) is 9.59 Å². The Morgan fingerprint density at radius 3 is 2.10 bits per heavy atom. The molecular weight excluding hydrogens is 264 g/mol. The molecule has 0 aromatic heterocycles. The van der Waals surface area contributed by atoms with Gasteiger partial charge >= 0.3 is 0 Å². The molecule has 2 fully saturated rings. The molecule has 2 aliphatic rings. The molecule has 0 saturated carbocycles. The van der Waals surface area contributed by atoms with Gasteiger partial charge in [0.05, 0.1) is 0 Å². The molecule has 0 bridgehead atoms. The standard InChI is InChI=1S/C17H30N2O2/c1-13-7-5-6-10-19(13)15(20)14-8-11-18(12-9-14)16(21)17(2,3)4/h13-14H,5-12H2,1-4H3/t13-/m1/s1. The number of nitrogens with zero attached hydrogens (tertiary/aromatic N) is 2. The Hall–Kier alpha value is -1.06. The Kier molecular flexibility index (Phi) is 4.95. The van der Waals surface area contributed by atoms with E-state index >= 15 is 0 Å². The molecule has 0 aliphatic carbocycles. The maximum absolute atomic E-state index is 12.7. The number of carbonyl (C=O) groups excluding carboxylic acids is 2. The van der Waals surface area contributed by atoms with E-state index in [1.807, 2.05) is 25.7 Å². The molecule has 0 radical (unpaired) electrons. The number of piperidine rings is 2. The monoisotopic (exact) mass is 294 g/mol. The Bertz CT molecular complexity index is 392. The summed E-state index contributed by atoms with van der Waals surface area (Å²) in [6.07, 6.45) is 5.15. The van der Waals surface area contributed by atoms with E-state index in [0.29, 0.717) is 11.9 Å². The van der Waals surface area contributed by atoms with Crippen LogP contribution >= 0.6 is 0 Å². The van der Waals surface area contributed by atoms with Gasteiger partial charge in [-0.15, -0.1) is 0 Å². The normalized spacial score (nSPS) is 25.0. The molecule has 0 unspecified atom stereocenters.